The van der Waals surface area contributed by atoms with E-state index in [9.17, 15) is 4.79 Å². The van der Waals surface area contributed by atoms with Crippen molar-refractivity contribution in [3.8, 4) is 11.6 Å². The van der Waals surface area contributed by atoms with E-state index in [1.807, 2.05) is 17.0 Å². The fourth-order valence-corrected chi connectivity index (χ4v) is 3.18. The summed E-state index contributed by atoms with van der Waals surface area (Å²) in [7, 11) is 0. The van der Waals surface area contributed by atoms with E-state index in [4.69, 9.17) is 4.74 Å². The monoisotopic (exact) mass is 324 g/mol. The smallest absolute Gasteiger partial charge is 0.241 e. The largest absolute Gasteiger partial charge is 0.436 e. The molecular weight excluding hydrogens is 304 g/mol. The van der Waals surface area contributed by atoms with Crippen molar-refractivity contribution in [3.63, 3.8) is 0 Å². The Morgan fingerprint density at radius 3 is 2.58 bits per heavy atom. The maximum Gasteiger partial charge on any atom is 0.241 e. The molecule has 1 amide bonds. The summed E-state index contributed by atoms with van der Waals surface area (Å²) in [4.78, 5) is 27.1. The Morgan fingerprint density at radius 1 is 1.08 bits per heavy atom. The minimum Gasteiger partial charge on any atom is -0.436 e. The summed E-state index contributed by atoms with van der Waals surface area (Å²) in [6.45, 7) is 1.59. The van der Waals surface area contributed by atoms with Crippen molar-refractivity contribution >= 4 is 5.91 Å². The number of pyridine rings is 1. The molecule has 0 spiro atoms. The predicted octanol–water partition coefficient (Wildman–Crippen LogP) is 2.78. The number of hydrogen-bond acceptors (Lipinski definition) is 5. The molecule has 0 radical (unpaired) electrons. The lowest BCUT2D eigenvalue weighted by atomic mass is 9.93. The number of nitrogens with zero attached hydrogens (tertiary/aromatic N) is 4. The SMILES string of the molecule is O=C(C1CC1)N1CCC(c2nccnc2Oc2cccnc2)CC1. The first-order chi connectivity index (χ1) is 11.8. The van der Waals surface area contributed by atoms with E-state index in [1.165, 1.54) is 0 Å². The van der Waals surface area contributed by atoms with Gasteiger partial charge in [-0.25, -0.2) is 4.98 Å². The number of hydrogen-bond donors (Lipinski definition) is 0. The second kappa shape index (κ2) is 6.55. The molecule has 1 aliphatic heterocycles. The summed E-state index contributed by atoms with van der Waals surface area (Å²) >= 11 is 0. The molecule has 24 heavy (non-hydrogen) atoms. The molecule has 6 nitrogen and oxygen atoms in total. The van der Waals surface area contributed by atoms with E-state index in [0.29, 0.717) is 23.5 Å². The topological polar surface area (TPSA) is 68.2 Å². The van der Waals surface area contributed by atoms with Crippen LogP contribution in [0.2, 0.25) is 0 Å². The molecule has 1 aliphatic carbocycles. The van der Waals surface area contributed by atoms with Crippen molar-refractivity contribution in [2.24, 2.45) is 5.92 Å². The highest BCUT2D eigenvalue weighted by atomic mass is 16.5. The second-order valence-electron chi connectivity index (χ2n) is 6.41. The molecule has 0 N–H and O–H groups in total. The molecule has 1 saturated heterocycles. The zero-order valence-corrected chi connectivity index (χ0v) is 13.5. The Labute approximate surface area is 140 Å². The van der Waals surface area contributed by atoms with Crippen LogP contribution in [-0.4, -0.2) is 38.8 Å². The number of carbonyl (C=O) groups is 1. The maximum atomic E-state index is 12.2. The number of rotatable bonds is 4. The highest BCUT2D eigenvalue weighted by Gasteiger charge is 2.35. The molecule has 1 saturated carbocycles. The van der Waals surface area contributed by atoms with Gasteiger partial charge >= 0.3 is 0 Å². The quantitative estimate of drug-likeness (QED) is 0.865. The van der Waals surface area contributed by atoms with Gasteiger partial charge in [-0.3, -0.25) is 14.8 Å². The Morgan fingerprint density at radius 2 is 1.88 bits per heavy atom. The molecule has 0 unspecified atom stereocenters. The van der Waals surface area contributed by atoms with Gasteiger partial charge in [0, 0.05) is 43.5 Å². The van der Waals surface area contributed by atoms with Crippen LogP contribution in [0.25, 0.3) is 0 Å². The van der Waals surface area contributed by atoms with Crippen LogP contribution < -0.4 is 4.74 Å². The number of piperidine rings is 1. The lowest BCUT2D eigenvalue weighted by molar-refractivity contribution is -0.133. The number of ether oxygens (including phenoxy) is 1. The molecule has 4 rings (SSSR count). The highest BCUT2D eigenvalue weighted by molar-refractivity contribution is 5.81. The second-order valence-corrected chi connectivity index (χ2v) is 6.41. The fourth-order valence-electron chi connectivity index (χ4n) is 3.18. The number of aromatic nitrogens is 3. The van der Waals surface area contributed by atoms with Crippen molar-refractivity contribution in [1.29, 1.82) is 0 Å². The van der Waals surface area contributed by atoms with Gasteiger partial charge in [0.1, 0.15) is 11.4 Å². The molecule has 2 aromatic rings. The van der Waals surface area contributed by atoms with Crippen LogP contribution in [-0.2, 0) is 4.79 Å². The summed E-state index contributed by atoms with van der Waals surface area (Å²) < 4.78 is 5.87. The molecular formula is C18H20N4O2. The van der Waals surface area contributed by atoms with Crippen LogP contribution in [0.1, 0.15) is 37.3 Å². The van der Waals surface area contributed by atoms with E-state index in [-0.39, 0.29) is 5.92 Å². The Kier molecular flexibility index (Phi) is 4.11. The van der Waals surface area contributed by atoms with Gasteiger partial charge in [-0.05, 0) is 37.8 Å². The Balaban J connectivity index is 1.46. The Bertz CT molecular complexity index is 710. The summed E-state index contributed by atoms with van der Waals surface area (Å²) in [5.41, 5.74) is 0.875. The van der Waals surface area contributed by atoms with Crippen molar-refractivity contribution in [2.75, 3.05) is 13.1 Å². The normalized spacial score (nSPS) is 18.4. The van der Waals surface area contributed by atoms with E-state index in [2.05, 4.69) is 15.0 Å². The van der Waals surface area contributed by atoms with Crippen LogP contribution >= 0.6 is 0 Å². The molecule has 0 aromatic carbocycles. The van der Waals surface area contributed by atoms with Gasteiger partial charge < -0.3 is 9.64 Å². The third-order valence-electron chi connectivity index (χ3n) is 4.66. The van der Waals surface area contributed by atoms with Gasteiger partial charge in [0.05, 0.1) is 6.20 Å². The van der Waals surface area contributed by atoms with Gasteiger partial charge in [0.2, 0.25) is 11.8 Å². The summed E-state index contributed by atoms with van der Waals surface area (Å²) in [5.74, 6) is 2.09. The lowest BCUT2D eigenvalue weighted by Crippen LogP contribution is -2.39. The first-order valence-electron chi connectivity index (χ1n) is 8.49. The number of amides is 1. The minimum atomic E-state index is 0.272. The van der Waals surface area contributed by atoms with Gasteiger partial charge in [-0.2, -0.15) is 0 Å². The third-order valence-corrected chi connectivity index (χ3v) is 4.66. The minimum absolute atomic E-state index is 0.272. The van der Waals surface area contributed by atoms with E-state index in [1.54, 1.807) is 24.8 Å². The molecule has 124 valence electrons. The molecule has 2 fully saturated rings. The van der Waals surface area contributed by atoms with Crippen molar-refractivity contribution < 1.29 is 9.53 Å². The number of likely N-dealkylation sites (tertiary alicyclic amines) is 1. The van der Waals surface area contributed by atoms with Crippen molar-refractivity contribution in [3.05, 3.63) is 42.6 Å². The lowest BCUT2D eigenvalue weighted by Gasteiger charge is -2.32. The fraction of sp³-hybridized carbons (Fsp3) is 0.444. The molecule has 0 atom stereocenters. The van der Waals surface area contributed by atoms with Crippen LogP contribution in [0.15, 0.2) is 36.9 Å². The first kappa shape index (κ1) is 15.1. The van der Waals surface area contributed by atoms with E-state index in [0.717, 1.165) is 44.5 Å². The van der Waals surface area contributed by atoms with Crippen LogP contribution in [0.4, 0.5) is 0 Å². The summed E-state index contributed by atoms with van der Waals surface area (Å²) in [6, 6.07) is 3.68. The van der Waals surface area contributed by atoms with Gasteiger partial charge in [0.25, 0.3) is 0 Å². The van der Waals surface area contributed by atoms with Crippen molar-refractivity contribution in [1.82, 2.24) is 19.9 Å². The summed E-state index contributed by atoms with van der Waals surface area (Å²) in [5, 5.41) is 0. The molecule has 3 heterocycles. The van der Waals surface area contributed by atoms with E-state index >= 15 is 0 Å². The van der Waals surface area contributed by atoms with Crippen LogP contribution in [0.5, 0.6) is 11.6 Å². The maximum absolute atomic E-state index is 12.2. The highest BCUT2D eigenvalue weighted by Crippen LogP contribution is 2.36. The zero-order chi connectivity index (χ0) is 16.4. The summed E-state index contributed by atoms with van der Waals surface area (Å²) in [6.07, 6.45) is 10.6. The zero-order valence-electron chi connectivity index (χ0n) is 13.5. The van der Waals surface area contributed by atoms with Crippen LogP contribution in [0.3, 0.4) is 0 Å². The standard InChI is InChI=1S/C18H20N4O2/c23-18(14-3-4-14)22-10-5-13(6-11-22)16-17(21-9-8-20-16)24-15-2-1-7-19-12-15/h1-2,7-9,12-14H,3-6,10-11H2. The third kappa shape index (κ3) is 3.22. The van der Waals surface area contributed by atoms with Gasteiger partial charge in [0.15, 0.2) is 0 Å². The average Bonchev–Trinajstić information content (AvgIpc) is 3.48. The predicted molar refractivity (Wildman–Crippen MR) is 87.6 cm³/mol. The Hall–Kier alpha value is -2.50. The van der Waals surface area contributed by atoms with Crippen LogP contribution in [0, 0.1) is 5.92 Å². The molecule has 0 bridgehead atoms. The van der Waals surface area contributed by atoms with Crippen molar-refractivity contribution in [2.45, 2.75) is 31.6 Å². The van der Waals surface area contributed by atoms with Gasteiger partial charge in [-0.1, -0.05) is 0 Å². The molecule has 6 heteroatoms. The van der Waals surface area contributed by atoms with E-state index < -0.39 is 0 Å². The number of carbonyl (C=O) groups excluding carboxylic acids is 1. The first-order valence-corrected chi connectivity index (χ1v) is 8.49. The average molecular weight is 324 g/mol. The molecule has 2 aliphatic rings. The van der Waals surface area contributed by atoms with Gasteiger partial charge in [-0.15, -0.1) is 0 Å². The molecule has 2 aromatic heterocycles.